The van der Waals surface area contributed by atoms with Gasteiger partial charge in [-0.25, -0.2) is 9.78 Å². The number of aromatic nitrogens is 2. The molecule has 0 saturated heterocycles. The van der Waals surface area contributed by atoms with Crippen molar-refractivity contribution in [1.82, 2.24) is 9.55 Å². The van der Waals surface area contributed by atoms with Gasteiger partial charge in [-0.1, -0.05) is 12.6 Å². The van der Waals surface area contributed by atoms with Crippen molar-refractivity contribution in [3.63, 3.8) is 0 Å². The summed E-state index contributed by atoms with van der Waals surface area (Å²) in [5.74, 6) is 0. The van der Waals surface area contributed by atoms with Crippen molar-refractivity contribution in [2.75, 3.05) is 6.61 Å². The van der Waals surface area contributed by atoms with Crippen molar-refractivity contribution < 1.29 is 9.53 Å². The Balaban J connectivity index is 2.19. The van der Waals surface area contributed by atoms with Gasteiger partial charge in [0.25, 0.3) is 0 Å². The van der Waals surface area contributed by atoms with E-state index in [9.17, 15) is 4.79 Å². The van der Waals surface area contributed by atoms with Crippen molar-refractivity contribution in [2.45, 2.75) is 6.54 Å². The number of hydrogen-bond acceptors (Lipinski definition) is 3. The van der Waals surface area contributed by atoms with Gasteiger partial charge in [-0.2, -0.15) is 0 Å². The number of rotatable bonds is 3. The second-order valence-electron chi connectivity index (χ2n) is 1.91. The second-order valence-corrected chi connectivity index (χ2v) is 2.28. The Labute approximate surface area is 69.6 Å². The number of thiol groups is 1. The minimum atomic E-state index is -0.551. The molecule has 1 aromatic rings. The van der Waals surface area contributed by atoms with E-state index in [4.69, 9.17) is 0 Å². The highest BCUT2D eigenvalue weighted by atomic mass is 32.1. The molecule has 1 aromatic heterocycles. The van der Waals surface area contributed by atoms with E-state index in [1.54, 1.807) is 18.7 Å². The monoisotopic (exact) mass is 172 g/mol. The van der Waals surface area contributed by atoms with E-state index in [1.165, 1.54) is 0 Å². The van der Waals surface area contributed by atoms with Gasteiger partial charge in [0, 0.05) is 12.4 Å². The summed E-state index contributed by atoms with van der Waals surface area (Å²) in [5.41, 5.74) is 0. The highest BCUT2D eigenvalue weighted by Gasteiger charge is 1.93. The zero-order valence-electron chi connectivity index (χ0n) is 5.80. The predicted octanol–water partition coefficient (Wildman–Crippen LogP) is 0.949. The minimum absolute atomic E-state index is 0.332. The van der Waals surface area contributed by atoms with E-state index in [0.29, 0.717) is 13.2 Å². The molecule has 60 valence electrons. The Morgan fingerprint density at radius 2 is 2.55 bits per heavy atom. The molecule has 0 aliphatic carbocycles. The summed E-state index contributed by atoms with van der Waals surface area (Å²) in [7, 11) is 0. The summed E-state index contributed by atoms with van der Waals surface area (Å²) in [6.07, 6.45) is 5.13. The molecule has 1 heterocycles. The fraction of sp³-hybridized carbons (Fsp3) is 0.333. The molecule has 0 radical (unpaired) electrons. The molecule has 0 aliphatic heterocycles. The van der Waals surface area contributed by atoms with Gasteiger partial charge in [0.15, 0.2) is 0 Å². The van der Waals surface area contributed by atoms with Crippen LogP contribution in [0.3, 0.4) is 0 Å². The molecule has 0 saturated carbocycles. The van der Waals surface area contributed by atoms with Crippen LogP contribution in [0.4, 0.5) is 4.79 Å². The summed E-state index contributed by atoms with van der Waals surface area (Å²) in [5, 5.41) is -0.551. The van der Waals surface area contributed by atoms with Crippen LogP contribution >= 0.6 is 12.6 Å². The lowest BCUT2D eigenvalue weighted by atomic mass is 10.7. The molecule has 0 aliphatic rings. The average molecular weight is 172 g/mol. The van der Waals surface area contributed by atoms with Crippen LogP contribution in [-0.2, 0) is 11.3 Å². The van der Waals surface area contributed by atoms with Gasteiger partial charge in [0.1, 0.15) is 6.61 Å². The molecule has 0 atom stereocenters. The molecule has 11 heavy (non-hydrogen) atoms. The highest BCUT2D eigenvalue weighted by Crippen LogP contribution is 1.89. The van der Waals surface area contributed by atoms with Crippen LogP contribution in [0.2, 0.25) is 0 Å². The number of imidazole rings is 1. The zero-order chi connectivity index (χ0) is 8.10. The lowest BCUT2D eigenvalue weighted by molar-refractivity contribution is 0.171. The molecule has 1 rings (SSSR count). The molecule has 0 N–H and O–H groups in total. The maximum Gasteiger partial charge on any atom is 0.364 e. The van der Waals surface area contributed by atoms with Crippen LogP contribution in [-0.4, -0.2) is 21.5 Å². The summed E-state index contributed by atoms with van der Waals surface area (Å²) in [4.78, 5) is 14.0. The normalized spacial score (nSPS) is 9.55. The van der Waals surface area contributed by atoms with E-state index in [2.05, 4.69) is 22.3 Å². The first-order valence-corrected chi connectivity index (χ1v) is 3.55. The first-order chi connectivity index (χ1) is 5.29. The molecule has 0 spiro atoms. The third kappa shape index (κ3) is 3.08. The van der Waals surface area contributed by atoms with Crippen LogP contribution in [0.25, 0.3) is 0 Å². The van der Waals surface area contributed by atoms with E-state index in [1.807, 2.05) is 4.57 Å². The second kappa shape index (κ2) is 4.02. The topological polar surface area (TPSA) is 44.1 Å². The van der Waals surface area contributed by atoms with Gasteiger partial charge in [-0.3, -0.25) is 0 Å². The van der Waals surface area contributed by atoms with Crippen LogP contribution < -0.4 is 0 Å². The van der Waals surface area contributed by atoms with Gasteiger partial charge in [0.2, 0.25) is 0 Å². The van der Waals surface area contributed by atoms with Gasteiger partial charge < -0.3 is 9.30 Å². The SMILES string of the molecule is O=C(S)OCCn1ccnc1. The van der Waals surface area contributed by atoms with Crippen molar-refractivity contribution in [1.29, 1.82) is 0 Å². The first kappa shape index (κ1) is 8.13. The van der Waals surface area contributed by atoms with Crippen molar-refractivity contribution in [3.8, 4) is 0 Å². The number of carbonyl (C=O) groups is 1. The molecule has 5 heteroatoms. The largest absolute Gasteiger partial charge is 0.456 e. The molecular weight excluding hydrogens is 164 g/mol. The summed E-state index contributed by atoms with van der Waals surface area (Å²) in [6.45, 7) is 0.949. The maximum atomic E-state index is 10.2. The van der Waals surface area contributed by atoms with Crippen LogP contribution in [0.5, 0.6) is 0 Å². The molecule has 0 bridgehead atoms. The number of nitrogens with zero attached hydrogens (tertiary/aromatic N) is 2. The predicted molar refractivity (Wildman–Crippen MR) is 42.6 cm³/mol. The van der Waals surface area contributed by atoms with Gasteiger partial charge in [0.05, 0.1) is 12.9 Å². The smallest absolute Gasteiger partial charge is 0.364 e. The van der Waals surface area contributed by atoms with E-state index >= 15 is 0 Å². The van der Waals surface area contributed by atoms with E-state index in [-0.39, 0.29) is 0 Å². The van der Waals surface area contributed by atoms with E-state index < -0.39 is 5.30 Å². The van der Waals surface area contributed by atoms with Crippen LogP contribution in [0.1, 0.15) is 0 Å². The molecular formula is C6H8N2O2S. The highest BCUT2D eigenvalue weighted by molar-refractivity contribution is 7.96. The number of ether oxygens (including phenoxy) is 1. The number of hydrogen-bond donors (Lipinski definition) is 1. The van der Waals surface area contributed by atoms with E-state index in [0.717, 1.165) is 0 Å². The third-order valence-electron chi connectivity index (χ3n) is 1.13. The molecule has 0 fully saturated rings. The van der Waals surface area contributed by atoms with Crippen molar-refractivity contribution in [3.05, 3.63) is 18.7 Å². The fourth-order valence-electron chi connectivity index (χ4n) is 0.657. The number of carbonyl (C=O) groups excluding carboxylic acids is 1. The van der Waals surface area contributed by atoms with Crippen molar-refractivity contribution in [2.24, 2.45) is 0 Å². The molecule has 0 amide bonds. The Kier molecular flexibility index (Phi) is 2.97. The average Bonchev–Trinajstić information content (AvgIpc) is 2.39. The summed E-state index contributed by atoms with van der Waals surface area (Å²) >= 11 is 3.44. The van der Waals surface area contributed by atoms with Crippen LogP contribution in [0.15, 0.2) is 18.7 Å². The van der Waals surface area contributed by atoms with Gasteiger partial charge in [-0.05, 0) is 0 Å². The quantitative estimate of drug-likeness (QED) is 0.545. The summed E-state index contributed by atoms with van der Waals surface area (Å²) < 4.78 is 6.41. The Hall–Kier alpha value is -0.970. The van der Waals surface area contributed by atoms with Gasteiger partial charge in [-0.15, -0.1) is 0 Å². The maximum absolute atomic E-state index is 10.2. The minimum Gasteiger partial charge on any atom is -0.456 e. The zero-order valence-corrected chi connectivity index (χ0v) is 6.70. The van der Waals surface area contributed by atoms with Gasteiger partial charge >= 0.3 is 5.30 Å². The third-order valence-corrected chi connectivity index (χ3v) is 1.26. The first-order valence-electron chi connectivity index (χ1n) is 3.10. The summed E-state index contributed by atoms with van der Waals surface area (Å²) in [6, 6.07) is 0. The Morgan fingerprint density at radius 3 is 3.09 bits per heavy atom. The molecule has 4 nitrogen and oxygen atoms in total. The standard InChI is InChI=1S/C6H8N2O2S/c9-6(11)10-4-3-8-2-1-7-5-8/h1-2,5H,3-4H2,(H,9,11). The van der Waals surface area contributed by atoms with Crippen molar-refractivity contribution >= 4 is 17.9 Å². The molecule has 0 unspecified atom stereocenters. The Bertz CT molecular complexity index is 222. The molecule has 0 aromatic carbocycles. The lowest BCUT2D eigenvalue weighted by Crippen LogP contribution is -2.04. The Morgan fingerprint density at radius 1 is 1.73 bits per heavy atom. The van der Waals surface area contributed by atoms with Crippen LogP contribution in [0, 0.1) is 0 Å². The lowest BCUT2D eigenvalue weighted by Gasteiger charge is -2.00. The fourth-order valence-corrected chi connectivity index (χ4v) is 0.749.